The molecule has 124 valence electrons. The summed E-state index contributed by atoms with van der Waals surface area (Å²) in [6.07, 6.45) is 4.88. The Labute approximate surface area is 149 Å². The van der Waals surface area contributed by atoms with E-state index in [1.54, 1.807) is 6.20 Å². The van der Waals surface area contributed by atoms with Crippen LogP contribution in [0.2, 0.25) is 0 Å². The second-order valence-corrected chi connectivity index (χ2v) is 6.81. The first-order chi connectivity index (χ1) is 11.6. The van der Waals surface area contributed by atoms with E-state index in [2.05, 4.69) is 43.1 Å². The highest BCUT2D eigenvalue weighted by Gasteiger charge is 2.20. The molecule has 0 amide bonds. The molecule has 24 heavy (non-hydrogen) atoms. The molecule has 0 bridgehead atoms. The van der Waals surface area contributed by atoms with E-state index in [0.29, 0.717) is 5.82 Å². The Hall–Kier alpha value is -2.10. The van der Waals surface area contributed by atoms with Crippen molar-refractivity contribution >= 4 is 27.7 Å². The van der Waals surface area contributed by atoms with Crippen LogP contribution in [0.4, 0.5) is 11.8 Å². The third kappa shape index (κ3) is 4.47. The summed E-state index contributed by atoms with van der Waals surface area (Å²) in [7, 11) is 0. The molecule has 1 fully saturated rings. The maximum atomic E-state index is 9.62. The second kappa shape index (κ2) is 7.65. The van der Waals surface area contributed by atoms with Crippen LogP contribution in [0.15, 0.2) is 34.9 Å². The molecule has 6 heteroatoms. The maximum Gasteiger partial charge on any atom is 0.222 e. The number of halogens is 1. The van der Waals surface area contributed by atoms with Gasteiger partial charge in [0, 0.05) is 16.1 Å². The minimum Gasteiger partial charge on any atom is -0.393 e. The van der Waals surface area contributed by atoms with Crippen molar-refractivity contribution in [2.24, 2.45) is 0 Å². The average molecular weight is 387 g/mol. The molecule has 1 heterocycles. The van der Waals surface area contributed by atoms with E-state index >= 15 is 0 Å². The van der Waals surface area contributed by atoms with Gasteiger partial charge in [0.1, 0.15) is 5.82 Å². The predicted molar refractivity (Wildman–Crippen MR) is 98.5 cm³/mol. The molecule has 0 radical (unpaired) electrons. The number of hydrogen-bond acceptors (Lipinski definition) is 5. The number of nitrogens with zero attached hydrogens (tertiary/aromatic N) is 2. The molecule has 0 saturated heterocycles. The molecule has 2 aromatic rings. The van der Waals surface area contributed by atoms with Gasteiger partial charge in [0.05, 0.1) is 17.9 Å². The fourth-order valence-electron chi connectivity index (χ4n) is 2.68. The van der Waals surface area contributed by atoms with Crippen molar-refractivity contribution in [2.75, 3.05) is 11.1 Å². The minimum atomic E-state index is -0.185. The Balaban J connectivity index is 1.79. The quantitative estimate of drug-likeness (QED) is 0.691. The highest BCUT2D eigenvalue weighted by Crippen LogP contribution is 2.23. The van der Waals surface area contributed by atoms with Crippen LogP contribution in [0.1, 0.15) is 36.8 Å². The van der Waals surface area contributed by atoms with Gasteiger partial charge < -0.3 is 16.2 Å². The van der Waals surface area contributed by atoms with Crippen LogP contribution in [0.3, 0.4) is 0 Å². The zero-order valence-corrected chi connectivity index (χ0v) is 14.8. The second-order valence-electron chi connectivity index (χ2n) is 5.90. The summed E-state index contributed by atoms with van der Waals surface area (Å²) in [6.45, 7) is 0. The lowest BCUT2D eigenvalue weighted by molar-refractivity contribution is 0.126. The summed E-state index contributed by atoms with van der Waals surface area (Å²) in [6, 6.07) is 8.08. The number of aliphatic hydroxyl groups excluding tert-OH is 1. The molecule has 5 nitrogen and oxygen atoms in total. The first kappa shape index (κ1) is 16.7. The van der Waals surface area contributed by atoms with E-state index in [4.69, 9.17) is 5.73 Å². The van der Waals surface area contributed by atoms with Gasteiger partial charge in [0.2, 0.25) is 5.95 Å². The largest absolute Gasteiger partial charge is 0.393 e. The molecule has 1 aromatic heterocycles. The van der Waals surface area contributed by atoms with Crippen molar-refractivity contribution in [3.05, 3.63) is 46.1 Å². The van der Waals surface area contributed by atoms with Crippen LogP contribution < -0.4 is 11.1 Å². The SMILES string of the molecule is Nc1ncc(C#Cc2ccc(Br)cc2)c(NC2CCC(O)CC2)n1. The lowest BCUT2D eigenvalue weighted by Crippen LogP contribution is -2.29. The molecule has 0 unspecified atom stereocenters. The van der Waals surface area contributed by atoms with Gasteiger partial charge in [-0.3, -0.25) is 0 Å². The zero-order valence-electron chi connectivity index (χ0n) is 13.2. The van der Waals surface area contributed by atoms with Gasteiger partial charge in [-0.25, -0.2) is 4.98 Å². The topological polar surface area (TPSA) is 84.1 Å². The number of aromatic nitrogens is 2. The number of aliphatic hydroxyl groups is 1. The predicted octanol–water partition coefficient (Wildman–Crippen LogP) is 2.94. The Morgan fingerprint density at radius 1 is 1.12 bits per heavy atom. The Morgan fingerprint density at radius 3 is 2.54 bits per heavy atom. The highest BCUT2D eigenvalue weighted by molar-refractivity contribution is 9.10. The van der Waals surface area contributed by atoms with Crippen molar-refractivity contribution < 1.29 is 5.11 Å². The molecular formula is C18H19BrN4O. The molecule has 3 rings (SSSR count). The summed E-state index contributed by atoms with van der Waals surface area (Å²) < 4.78 is 1.02. The van der Waals surface area contributed by atoms with Crippen LogP contribution in [-0.4, -0.2) is 27.2 Å². The van der Waals surface area contributed by atoms with Crippen LogP contribution in [0.5, 0.6) is 0 Å². The van der Waals surface area contributed by atoms with Gasteiger partial charge in [-0.1, -0.05) is 27.8 Å². The van der Waals surface area contributed by atoms with E-state index in [1.165, 1.54) is 0 Å². The van der Waals surface area contributed by atoms with Gasteiger partial charge >= 0.3 is 0 Å². The molecule has 0 spiro atoms. The van der Waals surface area contributed by atoms with Crippen LogP contribution >= 0.6 is 15.9 Å². The lowest BCUT2D eigenvalue weighted by Gasteiger charge is -2.26. The van der Waals surface area contributed by atoms with Gasteiger partial charge in [-0.15, -0.1) is 0 Å². The van der Waals surface area contributed by atoms with Gasteiger partial charge in [-0.2, -0.15) is 4.98 Å². The molecule has 4 N–H and O–H groups in total. The highest BCUT2D eigenvalue weighted by atomic mass is 79.9. The monoisotopic (exact) mass is 386 g/mol. The summed E-state index contributed by atoms with van der Waals surface area (Å²) in [4.78, 5) is 8.34. The van der Waals surface area contributed by atoms with Crippen molar-refractivity contribution in [3.8, 4) is 11.8 Å². The van der Waals surface area contributed by atoms with Gasteiger partial charge in [0.25, 0.3) is 0 Å². The first-order valence-electron chi connectivity index (χ1n) is 7.95. The van der Waals surface area contributed by atoms with E-state index in [1.807, 2.05) is 24.3 Å². The van der Waals surface area contributed by atoms with Crippen molar-refractivity contribution in [2.45, 2.75) is 37.8 Å². The number of hydrogen-bond donors (Lipinski definition) is 3. The number of benzene rings is 1. The van der Waals surface area contributed by atoms with Crippen molar-refractivity contribution in [1.82, 2.24) is 9.97 Å². The smallest absolute Gasteiger partial charge is 0.222 e. The van der Waals surface area contributed by atoms with E-state index in [-0.39, 0.29) is 18.1 Å². The van der Waals surface area contributed by atoms with Crippen molar-refractivity contribution in [3.63, 3.8) is 0 Å². The Kier molecular flexibility index (Phi) is 5.34. The number of nitrogen functional groups attached to an aromatic ring is 1. The molecule has 1 aliphatic carbocycles. The number of nitrogens with one attached hydrogen (secondary N) is 1. The molecule has 0 atom stereocenters. The lowest BCUT2D eigenvalue weighted by atomic mass is 9.93. The van der Waals surface area contributed by atoms with E-state index in [9.17, 15) is 5.11 Å². The zero-order chi connectivity index (χ0) is 16.9. The summed E-state index contributed by atoms with van der Waals surface area (Å²) in [5.41, 5.74) is 7.36. The van der Waals surface area contributed by atoms with Crippen LogP contribution in [0, 0.1) is 11.8 Å². The Morgan fingerprint density at radius 2 is 1.83 bits per heavy atom. The molecule has 1 aliphatic rings. The molecule has 1 saturated carbocycles. The van der Waals surface area contributed by atoms with Crippen LogP contribution in [-0.2, 0) is 0 Å². The Bertz CT molecular complexity index is 759. The van der Waals surface area contributed by atoms with E-state index in [0.717, 1.165) is 41.3 Å². The standard InChI is InChI=1S/C18H19BrN4O/c19-14-5-2-12(3-6-14)1-4-13-11-21-18(20)23-17(13)22-15-7-9-16(24)10-8-15/h2-3,5-6,11,15-16,24H,7-10H2,(H3,20,21,22,23). The molecular weight excluding hydrogens is 368 g/mol. The van der Waals surface area contributed by atoms with E-state index < -0.39 is 0 Å². The third-order valence-electron chi connectivity index (χ3n) is 4.03. The number of rotatable bonds is 2. The third-order valence-corrected chi connectivity index (χ3v) is 4.56. The number of nitrogens with two attached hydrogens (primary N) is 1. The fraction of sp³-hybridized carbons (Fsp3) is 0.333. The molecule has 1 aromatic carbocycles. The number of anilines is 2. The maximum absolute atomic E-state index is 9.62. The summed E-state index contributed by atoms with van der Waals surface area (Å²) in [5, 5.41) is 13.0. The normalized spacial score (nSPS) is 20.1. The fourth-order valence-corrected chi connectivity index (χ4v) is 2.95. The average Bonchev–Trinajstić information content (AvgIpc) is 2.58. The molecule has 0 aliphatic heterocycles. The minimum absolute atomic E-state index is 0.185. The summed E-state index contributed by atoms with van der Waals surface area (Å²) in [5.74, 6) is 7.12. The van der Waals surface area contributed by atoms with Crippen molar-refractivity contribution in [1.29, 1.82) is 0 Å². The van der Waals surface area contributed by atoms with Gasteiger partial charge in [0.15, 0.2) is 0 Å². The summed E-state index contributed by atoms with van der Waals surface area (Å²) >= 11 is 3.41. The van der Waals surface area contributed by atoms with Crippen LogP contribution in [0.25, 0.3) is 0 Å². The van der Waals surface area contributed by atoms with Gasteiger partial charge in [-0.05, 0) is 49.9 Å². The first-order valence-corrected chi connectivity index (χ1v) is 8.74.